The van der Waals surface area contributed by atoms with Crippen molar-refractivity contribution in [1.29, 1.82) is 0 Å². The molecule has 1 aromatic heterocycles. The van der Waals surface area contributed by atoms with Crippen molar-refractivity contribution < 1.29 is 4.39 Å². The fourth-order valence-corrected chi connectivity index (χ4v) is 2.61. The Balaban J connectivity index is 2.36. The molecule has 1 N–H and O–H groups in total. The Labute approximate surface area is 127 Å². The summed E-state index contributed by atoms with van der Waals surface area (Å²) in [4.78, 5) is 0. The third-order valence-electron chi connectivity index (χ3n) is 3.12. The second kappa shape index (κ2) is 6.99. The summed E-state index contributed by atoms with van der Waals surface area (Å²) >= 11 is 3.40. The van der Waals surface area contributed by atoms with Crippen molar-refractivity contribution in [1.82, 2.24) is 15.1 Å². The van der Waals surface area contributed by atoms with Gasteiger partial charge in [-0.1, -0.05) is 29.8 Å². The summed E-state index contributed by atoms with van der Waals surface area (Å²) in [6.45, 7) is 5.76. The summed E-state index contributed by atoms with van der Waals surface area (Å²) in [5.41, 5.74) is 1.62. The number of aromatic nitrogens is 2. The van der Waals surface area contributed by atoms with Gasteiger partial charge in [-0.25, -0.2) is 4.39 Å². The molecule has 0 radical (unpaired) electrons. The zero-order valence-electron chi connectivity index (χ0n) is 11.7. The highest BCUT2D eigenvalue weighted by Gasteiger charge is 2.19. The Bertz CT molecular complexity index is 568. The predicted molar refractivity (Wildman–Crippen MR) is 82.1 cm³/mol. The van der Waals surface area contributed by atoms with Gasteiger partial charge in [0, 0.05) is 28.3 Å². The molecular formula is C15H19BrFN3. The molecule has 0 saturated carbocycles. The summed E-state index contributed by atoms with van der Waals surface area (Å²) in [5, 5.41) is 7.65. The first-order chi connectivity index (χ1) is 9.65. The Kier molecular flexibility index (Phi) is 5.31. The molecule has 3 nitrogen and oxygen atoms in total. The van der Waals surface area contributed by atoms with Gasteiger partial charge in [0.2, 0.25) is 0 Å². The van der Waals surface area contributed by atoms with Crippen LogP contribution in [0.1, 0.15) is 37.4 Å². The molecule has 0 spiro atoms. The van der Waals surface area contributed by atoms with Crippen LogP contribution in [0.4, 0.5) is 4.39 Å². The third-order valence-corrected chi connectivity index (χ3v) is 3.61. The summed E-state index contributed by atoms with van der Waals surface area (Å²) in [7, 11) is 0. The number of nitrogens with one attached hydrogen (secondary N) is 1. The van der Waals surface area contributed by atoms with Crippen LogP contribution in [0.3, 0.4) is 0 Å². The van der Waals surface area contributed by atoms with Gasteiger partial charge in [-0.15, -0.1) is 0 Å². The number of aryl methyl sites for hydroxylation is 1. The minimum absolute atomic E-state index is 0.178. The first-order valence-electron chi connectivity index (χ1n) is 6.86. The number of hydrogen-bond acceptors (Lipinski definition) is 2. The lowest BCUT2D eigenvalue weighted by Crippen LogP contribution is -2.22. The molecule has 0 bridgehead atoms. The number of hydrogen-bond donors (Lipinski definition) is 1. The van der Waals surface area contributed by atoms with Crippen LogP contribution in [0.5, 0.6) is 0 Å². The normalized spacial score (nSPS) is 12.6. The molecule has 2 rings (SSSR count). The minimum Gasteiger partial charge on any atom is -0.306 e. The highest BCUT2D eigenvalue weighted by Crippen LogP contribution is 2.27. The molecule has 0 saturated heterocycles. The zero-order valence-corrected chi connectivity index (χ0v) is 13.3. The van der Waals surface area contributed by atoms with E-state index in [0.717, 1.165) is 29.5 Å². The number of rotatable bonds is 6. The first kappa shape index (κ1) is 15.2. The maximum absolute atomic E-state index is 14.1. The zero-order chi connectivity index (χ0) is 14.5. The molecule has 1 atom stereocenters. The summed E-state index contributed by atoms with van der Waals surface area (Å²) in [5.74, 6) is -0.206. The molecule has 1 heterocycles. The molecule has 0 fully saturated rings. The van der Waals surface area contributed by atoms with Gasteiger partial charge in [-0.05, 0) is 31.2 Å². The highest BCUT2D eigenvalue weighted by molar-refractivity contribution is 9.10. The molecule has 5 heteroatoms. The van der Waals surface area contributed by atoms with Crippen LogP contribution in [0.2, 0.25) is 0 Å². The van der Waals surface area contributed by atoms with Crippen LogP contribution in [-0.2, 0) is 6.54 Å². The van der Waals surface area contributed by atoms with E-state index in [1.165, 1.54) is 6.07 Å². The Morgan fingerprint density at radius 1 is 1.40 bits per heavy atom. The predicted octanol–water partition coefficient (Wildman–Crippen LogP) is 3.89. The van der Waals surface area contributed by atoms with E-state index in [-0.39, 0.29) is 11.9 Å². The van der Waals surface area contributed by atoms with Crippen LogP contribution in [-0.4, -0.2) is 16.3 Å². The Hall–Kier alpha value is -1.20. The van der Waals surface area contributed by atoms with Crippen LogP contribution < -0.4 is 5.32 Å². The lowest BCUT2D eigenvalue weighted by molar-refractivity contribution is 0.556. The molecule has 108 valence electrons. The van der Waals surface area contributed by atoms with Gasteiger partial charge in [-0.2, -0.15) is 5.10 Å². The van der Waals surface area contributed by atoms with E-state index in [0.29, 0.717) is 5.56 Å². The van der Waals surface area contributed by atoms with Gasteiger partial charge in [-0.3, -0.25) is 4.68 Å². The van der Waals surface area contributed by atoms with E-state index < -0.39 is 0 Å². The van der Waals surface area contributed by atoms with Crippen molar-refractivity contribution in [3.63, 3.8) is 0 Å². The average molecular weight is 340 g/mol. The lowest BCUT2D eigenvalue weighted by Gasteiger charge is -2.18. The van der Waals surface area contributed by atoms with Gasteiger partial charge in [0.25, 0.3) is 0 Å². The second-order valence-electron chi connectivity index (χ2n) is 4.69. The molecule has 1 aromatic carbocycles. The SMILES string of the molecule is CCCn1cc(C(NCC)c2cc(Br)ccc2F)cn1. The van der Waals surface area contributed by atoms with Crippen molar-refractivity contribution >= 4 is 15.9 Å². The minimum atomic E-state index is -0.206. The van der Waals surface area contributed by atoms with Crippen molar-refractivity contribution in [3.05, 3.63) is 52.0 Å². The topological polar surface area (TPSA) is 29.9 Å². The van der Waals surface area contributed by atoms with Crippen molar-refractivity contribution in [2.75, 3.05) is 6.54 Å². The largest absolute Gasteiger partial charge is 0.306 e. The maximum atomic E-state index is 14.1. The third kappa shape index (κ3) is 3.46. The van der Waals surface area contributed by atoms with E-state index in [1.54, 1.807) is 6.07 Å². The monoisotopic (exact) mass is 339 g/mol. The number of benzene rings is 1. The number of halogens is 2. The maximum Gasteiger partial charge on any atom is 0.128 e. The van der Waals surface area contributed by atoms with E-state index >= 15 is 0 Å². The van der Waals surface area contributed by atoms with Crippen LogP contribution in [0.15, 0.2) is 35.1 Å². The molecule has 2 aromatic rings. The molecule has 20 heavy (non-hydrogen) atoms. The molecule has 0 aliphatic heterocycles. The van der Waals surface area contributed by atoms with Gasteiger partial charge in [0.1, 0.15) is 5.82 Å². The Morgan fingerprint density at radius 2 is 2.20 bits per heavy atom. The van der Waals surface area contributed by atoms with Crippen LogP contribution >= 0.6 is 15.9 Å². The van der Waals surface area contributed by atoms with E-state index in [9.17, 15) is 4.39 Å². The van der Waals surface area contributed by atoms with Gasteiger partial charge >= 0.3 is 0 Å². The van der Waals surface area contributed by atoms with E-state index in [4.69, 9.17) is 0 Å². The van der Waals surface area contributed by atoms with Crippen molar-refractivity contribution in [2.24, 2.45) is 0 Å². The van der Waals surface area contributed by atoms with E-state index in [2.05, 4.69) is 33.3 Å². The summed E-state index contributed by atoms with van der Waals surface area (Å²) in [6, 6.07) is 4.84. The average Bonchev–Trinajstić information content (AvgIpc) is 2.88. The molecule has 1 unspecified atom stereocenters. The second-order valence-corrected chi connectivity index (χ2v) is 5.61. The lowest BCUT2D eigenvalue weighted by atomic mass is 10.0. The van der Waals surface area contributed by atoms with Gasteiger partial charge in [0.05, 0.1) is 12.2 Å². The van der Waals surface area contributed by atoms with Crippen molar-refractivity contribution in [2.45, 2.75) is 32.9 Å². The van der Waals surface area contributed by atoms with Crippen molar-refractivity contribution in [3.8, 4) is 0 Å². The number of nitrogens with zero attached hydrogens (tertiary/aromatic N) is 2. The fraction of sp³-hybridized carbons (Fsp3) is 0.400. The standard InChI is InChI=1S/C15H19BrFN3/c1-3-7-20-10-11(9-19-20)15(18-4-2)13-8-12(16)5-6-14(13)17/h5-6,8-10,15,18H,3-4,7H2,1-2H3. The van der Waals surface area contributed by atoms with E-state index in [1.807, 2.05) is 30.1 Å². The summed E-state index contributed by atoms with van der Waals surface area (Å²) in [6.07, 6.45) is 4.82. The Morgan fingerprint density at radius 3 is 2.90 bits per heavy atom. The molecule has 0 aliphatic rings. The quantitative estimate of drug-likeness (QED) is 0.865. The first-order valence-corrected chi connectivity index (χ1v) is 7.65. The fourth-order valence-electron chi connectivity index (χ4n) is 2.23. The smallest absolute Gasteiger partial charge is 0.128 e. The summed E-state index contributed by atoms with van der Waals surface area (Å²) < 4.78 is 16.9. The molecule has 0 aliphatic carbocycles. The van der Waals surface area contributed by atoms with Crippen LogP contribution in [0, 0.1) is 5.82 Å². The molecular weight excluding hydrogens is 321 g/mol. The van der Waals surface area contributed by atoms with Gasteiger partial charge < -0.3 is 5.32 Å². The van der Waals surface area contributed by atoms with Crippen LogP contribution in [0.25, 0.3) is 0 Å². The van der Waals surface area contributed by atoms with Gasteiger partial charge in [0.15, 0.2) is 0 Å². The highest BCUT2D eigenvalue weighted by atomic mass is 79.9. The molecule has 0 amide bonds.